The Morgan fingerprint density at radius 2 is 1.83 bits per heavy atom. The van der Waals surface area contributed by atoms with Crippen LogP contribution in [0.3, 0.4) is 0 Å². The molecule has 3 aromatic rings. The van der Waals surface area contributed by atoms with Gasteiger partial charge in [0, 0.05) is 25.2 Å². The van der Waals surface area contributed by atoms with Crippen molar-refractivity contribution in [2.75, 3.05) is 26.2 Å². The molecule has 1 saturated heterocycles. The van der Waals surface area contributed by atoms with Gasteiger partial charge < -0.3 is 19.8 Å². The summed E-state index contributed by atoms with van der Waals surface area (Å²) in [6.45, 7) is 3.20. The highest BCUT2D eigenvalue weighted by Crippen LogP contribution is 2.44. The second-order valence-electron chi connectivity index (χ2n) is 8.46. The number of benzene rings is 3. The second kappa shape index (κ2) is 7.79. The zero-order valence-electron chi connectivity index (χ0n) is 16.5. The Hall–Kier alpha value is -2.40. The normalized spacial score (nSPS) is 21.9. The van der Waals surface area contributed by atoms with Crippen LogP contribution in [0, 0.1) is 11.8 Å². The van der Waals surface area contributed by atoms with E-state index < -0.39 is 6.10 Å². The molecule has 1 saturated carbocycles. The molecule has 2 fully saturated rings. The SMILES string of the molecule is OCc1cccc(-c2c(OCC(O)CN3C[C@H]4C[C@H]4C3)ccc3ccccc23)c1. The van der Waals surface area contributed by atoms with E-state index in [4.69, 9.17) is 4.74 Å². The molecule has 3 aromatic carbocycles. The molecule has 1 aliphatic carbocycles. The molecule has 1 aliphatic heterocycles. The molecule has 0 aromatic heterocycles. The van der Waals surface area contributed by atoms with Crippen LogP contribution in [-0.2, 0) is 6.61 Å². The van der Waals surface area contributed by atoms with Crippen molar-refractivity contribution in [1.29, 1.82) is 0 Å². The Labute approximate surface area is 171 Å². The van der Waals surface area contributed by atoms with Crippen molar-refractivity contribution < 1.29 is 14.9 Å². The molecule has 0 spiro atoms. The van der Waals surface area contributed by atoms with Crippen LogP contribution in [0.5, 0.6) is 5.75 Å². The summed E-state index contributed by atoms with van der Waals surface area (Å²) in [6, 6.07) is 20.2. The summed E-state index contributed by atoms with van der Waals surface area (Å²) >= 11 is 0. The van der Waals surface area contributed by atoms with E-state index in [1.54, 1.807) is 0 Å². The lowest BCUT2D eigenvalue weighted by atomic mass is 9.96. The molecule has 2 aliphatic rings. The van der Waals surface area contributed by atoms with Crippen molar-refractivity contribution >= 4 is 10.8 Å². The molecule has 1 unspecified atom stereocenters. The van der Waals surface area contributed by atoms with Crippen molar-refractivity contribution in [2.45, 2.75) is 19.1 Å². The molecule has 150 valence electrons. The Kier molecular flexibility index (Phi) is 5.00. The van der Waals surface area contributed by atoms with Crippen LogP contribution in [-0.4, -0.2) is 47.5 Å². The topological polar surface area (TPSA) is 52.9 Å². The quantitative estimate of drug-likeness (QED) is 0.647. The van der Waals surface area contributed by atoms with E-state index in [-0.39, 0.29) is 13.2 Å². The molecule has 4 nitrogen and oxygen atoms in total. The third-order valence-electron chi connectivity index (χ3n) is 6.24. The van der Waals surface area contributed by atoms with E-state index >= 15 is 0 Å². The van der Waals surface area contributed by atoms with E-state index in [0.717, 1.165) is 58.1 Å². The van der Waals surface area contributed by atoms with Gasteiger partial charge in [-0.05, 0) is 52.3 Å². The van der Waals surface area contributed by atoms with Crippen LogP contribution in [0.15, 0.2) is 60.7 Å². The predicted molar refractivity (Wildman–Crippen MR) is 115 cm³/mol. The summed E-state index contributed by atoms with van der Waals surface area (Å²) < 4.78 is 6.14. The number of fused-ring (bicyclic) bond motifs is 2. The first kappa shape index (κ1) is 18.6. The van der Waals surface area contributed by atoms with Crippen LogP contribution in [0.1, 0.15) is 12.0 Å². The number of rotatable bonds is 7. The van der Waals surface area contributed by atoms with Crippen molar-refractivity contribution in [3.05, 3.63) is 66.2 Å². The van der Waals surface area contributed by atoms with Gasteiger partial charge in [-0.1, -0.05) is 48.5 Å². The number of piperidine rings is 1. The third-order valence-corrected chi connectivity index (χ3v) is 6.24. The zero-order valence-corrected chi connectivity index (χ0v) is 16.5. The summed E-state index contributed by atoms with van der Waals surface area (Å²) in [5.74, 6) is 2.50. The van der Waals surface area contributed by atoms with Gasteiger partial charge in [-0.15, -0.1) is 0 Å². The van der Waals surface area contributed by atoms with E-state index in [1.165, 1.54) is 6.42 Å². The minimum Gasteiger partial charge on any atom is -0.490 e. The average Bonchev–Trinajstić information content (AvgIpc) is 3.37. The van der Waals surface area contributed by atoms with Gasteiger partial charge in [0.15, 0.2) is 0 Å². The summed E-state index contributed by atoms with van der Waals surface area (Å²) in [6.07, 6.45) is 0.867. The van der Waals surface area contributed by atoms with Crippen molar-refractivity contribution in [3.8, 4) is 16.9 Å². The minimum atomic E-state index is -0.504. The number of likely N-dealkylation sites (tertiary alicyclic amines) is 1. The number of nitrogens with zero attached hydrogens (tertiary/aromatic N) is 1. The first-order chi connectivity index (χ1) is 14.2. The number of aliphatic hydroxyl groups excluding tert-OH is 2. The molecule has 0 amide bonds. The highest BCUT2D eigenvalue weighted by atomic mass is 16.5. The molecule has 2 N–H and O–H groups in total. The average molecular weight is 389 g/mol. The van der Waals surface area contributed by atoms with Gasteiger partial charge in [0.25, 0.3) is 0 Å². The highest BCUT2D eigenvalue weighted by molar-refractivity contribution is 5.99. The lowest BCUT2D eigenvalue weighted by Gasteiger charge is -2.22. The fourth-order valence-electron chi connectivity index (χ4n) is 4.68. The number of hydrogen-bond donors (Lipinski definition) is 2. The van der Waals surface area contributed by atoms with E-state index in [0.29, 0.717) is 6.54 Å². The van der Waals surface area contributed by atoms with Gasteiger partial charge in [-0.3, -0.25) is 0 Å². The van der Waals surface area contributed by atoms with Gasteiger partial charge in [-0.25, -0.2) is 0 Å². The number of hydrogen-bond acceptors (Lipinski definition) is 4. The smallest absolute Gasteiger partial charge is 0.127 e. The van der Waals surface area contributed by atoms with Crippen molar-refractivity contribution in [2.24, 2.45) is 11.8 Å². The number of aliphatic hydroxyl groups is 2. The lowest BCUT2D eigenvalue weighted by molar-refractivity contribution is 0.0726. The minimum absolute atomic E-state index is 0.00529. The molecule has 29 heavy (non-hydrogen) atoms. The molecule has 0 radical (unpaired) electrons. The molecule has 3 atom stereocenters. The third kappa shape index (κ3) is 3.88. The first-order valence-corrected chi connectivity index (χ1v) is 10.5. The van der Waals surface area contributed by atoms with Crippen LogP contribution >= 0.6 is 0 Å². The standard InChI is InChI=1S/C25H27NO3/c27-15-17-4-3-6-19(10-17)25-23-7-2-1-5-18(23)8-9-24(25)29-16-22(28)14-26-12-20-11-21(20)13-26/h1-10,20-22,27-28H,11-16H2/t20-,21+,22?. The molecule has 4 heteroatoms. The summed E-state index contributed by atoms with van der Waals surface area (Å²) in [4.78, 5) is 2.36. The van der Waals surface area contributed by atoms with Crippen LogP contribution < -0.4 is 4.74 Å². The fraction of sp³-hybridized carbons (Fsp3) is 0.360. The largest absolute Gasteiger partial charge is 0.490 e. The van der Waals surface area contributed by atoms with Crippen molar-refractivity contribution in [3.63, 3.8) is 0 Å². The maximum Gasteiger partial charge on any atom is 0.127 e. The molecule has 5 rings (SSSR count). The molecule has 0 bridgehead atoms. The van der Waals surface area contributed by atoms with E-state index in [2.05, 4.69) is 23.1 Å². The van der Waals surface area contributed by atoms with E-state index in [9.17, 15) is 10.2 Å². The van der Waals surface area contributed by atoms with Gasteiger partial charge in [0.1, 0.15) is 18.5 Å². The molecular formula is C25H27NO3. The Morgan fingerprint density at radius 3 is 2.66 bits per heavy atom. The van der Waals surface area contributed by atoms with Crippen LogP contribution in [0.25, 0.3) is 21.9 Å². The van der Waals surface area contributed by atoms with E-state index in [1.807, 2.05) is 42.5 Å². The fourth-order valence-corrected chi connectivity index (χ4v) is 4.68. The Balaban J connectivity index is 1.40. The highest BCUT2D eigenvalue weighted by Gasteiger charge is 2.45. The summed E-state index contributed by atoms with van der Waals surface area (Å²) in [7, 11) is 0. The zero-order chi connectivity index (χ0) is 19.8. The monoisotopic (exact) mass is 389 g/mol. The maximum absolute atomic E-state index is 10.5. The van der Waals surface area contributed by atoms with Gasteiger partial charge in [0.05, 0.1) is 6.61 Å². The lowest BCUT2D eigenvalue weighted by Crippen LogP contribution is -2.35. The Bertz CT molecular complexity index is 1010. The van der Waals surface area contributed by atoms with Crippen molar-refractivity contribution in [1.82, 2.24) is 4.90 Å². The predicted octanol–water partition coefficient (Wildman–Crippen LogP) is 3.69. The van der Waals surface area contributed by atoms with Gasteiger partial charge in [-0.2, -0.15) is 0 Å². The number of ether oxygens (including phenoxy) is 1. The van der Waals surface area contributed by atoms with Crippen LogP contribution in [0.2, 0.25) is 0 Å². The Morgan fingerprint density at radius 1 is 1.00 bits per heavy atom. The summed E-state index contributed by atoms with van der Waals surface area (Å²) in [5, 5.41) is 22.3. The number of β-amino-alcohol motifs (C(OH)–C–C–N with tert-alkyl or cyclic N) is 1. The van der Waals surface area contributed by atoms with Gasteiger partial charge in [0.2, 0.25) is 0 Å². The second-order valence-corrected chi connectivity index (χ2v) is 8.46. The summed E-state index contributed by atoms with van der Waals surface area (Å²) in [5.41, 5.74) is 2.89. The van der Waals surface area contributed by atoms with Gasteiger partial charge >= 0.3 is 0 Å². The molecule has 1 heterocycles. The van der Waals surface area contributed by atoms with Crippen LogP contribution in [0.4, 0.5) is 0 Å². The first-order valence-electron chi connectivity index (χ1n) is 10.5. The maximum atomic E-state index is 10.5. The molecular weight excluding hydrogens is 362 g/mol.